The lowest BCUT2D eigenvalue weighted by Gasteiger charge is -2.10. The molecule has 0 aromatic carbocycles. The van der Waals surface area contributed by atoms with E-state index >= 15 is 0 Å². The molecule has 0 fully saturated rings. The molecule has 0 aromatic heterocycles. The van der Waals surface area contributed by atoms with Gasteiger partial charge in [-0.05, 0) is 6.42 Å². The fraction of sp³-hybridized carbons (Fsp3) is 0.875. The number of carboxylic acids is 1. The van der Waals surface area contributed by atoms with E-state index in [1.54, 1.807) is 0 Å². The second-order valence-electron chi connectivity index (χ2n) is 5.69. The van der Waals surface area contributed by atoms with Crippen molar-refractivity contribution >= 4 is 11.9 Å². The third kappa shape index (κ3) is 13.6. The smallest absolute Gasteiger partial charge is 0.322 e. The Balaban J connectivity index is 3.33. The molecule has 5 heteroatoms. The molecular formula is C16H32N2O3. The predicted octanol–water partition coefficient (Wildman–Crippen LogP) is 2.83. The zero-order valence-electron chi connectivity index (χ0n) is 13.4. The molecule has 0 aliphatic rings. The Kier molecular flexibility index (Phi) is 13.1. The van der Waals surface area contributed by atoms with Gasteiger partial charge < -0.3 is 16.2 Å². The summed E-state index contributed by atoms with van der Waals surface area (Å²) in [7, 11) is 0. The normalized spacial score (nSPS) is 12.1. The number of hydrogen-bond acceptors (Lipinski definition) is 3. The molecule has 0 aliphatic heterocycles. The summed E-state index contributed by atoms with van der Waals surface area (Å²) in [5.41, 5.74) is 5.71. The minimum Gasteiger partial charge on any atom is -0.480 e. The van der Waals surface area contributed by atoms with Gasteiger partial charge >= 0.3 is 5.97 Å². The van der Waals surface area contributed by atoms with Crippen LogP contribution in [0.2, 0.25) is 0 Å². The minimum absolute atomic E-state index is 0.357. The second-order valence-corrected chi connectivity index (χ2v) is 5.69. The topological polar surface area (TPSA) is 92.4 Å². The van der Waals surface area contributed by atoms with E-state index in [0.29, 0.717) is 6.42 Å². The molecule has 0 saturated carbocycles. The van der Waals surface area contributed by atoms with Crippen LogP contribution in [0.3, 0.4) is 0 Å². The largest absolute Gasteiger partial charge is 0.480 e. The van der Waals surface area contributed by atoms with Crippen molar-refractivity contribution in [1.82, 2.24) is 5.32 Å². The van der Waals surface area contributed by atoms with E-state index in [0.717, 1.165) is 12.8 Å². The van der Waals surface area contributed by atoms with E-state index in [4.69, 9.17) is 10.8 Å². The SMILES string of the molecule is CCCCCCCCCCCCC(N)C(=O)NCC(=O)O. The number of carbonyl (C=O) groups excluding carboxylic acids is 1. The van der Waals surface area contributed by atoms with Gasteiger partial charge in [-0.2, -0.15) is 0 Å². The summed E-state index contributed by atoms with van der Waals surface area (Å²) in [5.74, 6) is -1.41. The third-order valence-electron chi connectivity index (χ3n) is 3.62. The molecule has 0 heterocycles. The Hall–Kier alpha value is -1.10. The van der Waals surface area contributed by atoms with Gasteiger partial charge in [-0.25, -0.2) is 0 Å². The van der Waals surface area contributed by atoms with Gasteiger partial charge in [-0.15, -0.1) is 0 Å². The molecule has 0 radical (unpaired) electrons. The molecule has 0 aromatic rings. The highest BCUT2D eigenvalue weighted by Gasteiger charge is 2.13. The fourth-order valence-corrected chi connectivity index (χ4v) is 2.28. The van der Waals surface area contributed by atoms with E-state index < -0.39 is 12.0 Å². The Morgan fingerprint density at radius 2 is 1.43 bits per heavy atom. The zero-order valence-corrected chi connectivity index (χ0v) is 13.4. The van der Waals surface area contributed by atoms with Crippen LogP contribution in [0, 0.1) is 0 Å². The van der Waals surface area contributed by atoms with Crippen molar-refractivity contribution in [2.45, 2.75) is 83.6 Å². The highest BCUT2D eigenvalue weighted by atomic mass is 16.4. The molecule has 0 spiro atoms. The summed E-state index contributed by atoms with van der Waals surface area (Å²) in [5, 5.41) is 10.8. The molecular weight excluding hydrogens is 268 g/mol. The lowest BCUT2D eigenvalue weighted by molar-refractivity contribution is -0.138. The lowest BCUT2D eigenvalue weighted by atomic mass is 10.0. The number of aliphatic carboxylic acids is 1. The molecule has 21 heavy (non-hydrogen) atoms. The number of nitrogens with one attached hydrogen (secondary N) is 1. The molecule has 0 aliphatic carbocycles. The average Bonchev–Trinajstić information content (AvgIpc) is 2.46. The minimum atomic E-state index is -1.05. The number of carbonyl (C=O) groups is 2. The number of hydrogen-bond donors (Lipinski definition) is 3. The van der Waals surface area contributed by atoms with Crippen LogP contribution in [0.5, 0.6) is 0 Å². The molecule has 4 N–H and O–H groups in total. The molecule has 0 bridgehead atoms. The van der Waals surface area contributed by atoms with Gasteiger partial charge in [-0.1, -0.05) is 71.1 Å². The summed E-state index contributed by atoms with van der Waals surface area (Å²) >= 11 is 0. The maximum absolute atomic E-state index is 11.4. The van der Waals surface area contributed by atoms with Crippen molar-refractivity contribution in [2.75, 3.05) is 6.54 Å². The maximum Gasteiger partial charge on any atom is 0.322 e. The fourth-order valence-electron chi connectivity index (χ4n) is 2.28. The number of nitrogens with two attached hydrogens (primary N) is 1. The van der Waals surface area contributed by atoms with E-state index in [1.165, 1.54) is 51.4 Å². The number of carboxylic acid groups (broad SMARTS) is 1. The van der Waals surface area contributed by atoms with Crippen molar-refractivity contribution in [3.63, 3.8) is 0 Å². The van der Waals surface area contributed by atoms with E-state index in [9.17, 15) is 9.59 Å². The summed E-state index contributed by atoms with van der Waals surface area (Å²) in [6, 6.07) is -0.585. The average molecular weight is 300 g/mol. The van der Waals surface area contributed by atoms with Crippen LogP contribution in [0.4, 0.5) is 0 Å². The first-order chi connectivity index (χ1) is 10.1. The highest BCUT2D eigenvalue weighted by Crippen LogP contribution is 2.11. The van der Waals surface area contributed by atoms with Gasteiger partial charge in [0.1, 0.15) is 6.54 Å². The highest BCUT2D eigenvalue weighted by molar-refractivity contribution is 5.84. The van der Waals surface area contributed by atoms with E-state index in [-0.39, 0.29) is 12.5 Å². The Morgan fingerprint density at radius 3 is 1.90 bits per heavy atom. The van der Waals surface area contributed by atoms with Crippen molar-refractivity contribution in [1.29, 1.82) is 0 Å². The molecule has 0 rings (SSSR count). The molecule has 124 valence electrons. The first kappa shape index (κ1) is 19.9. The molecule has 1 unspecified atom stereocenters. The number of unbranched alkanes of at least 4 members (excludes halogenated alkanes) is 9. The van der Waals surface area contributed by atoms with Crippen molar-refractivity contribution in [2.24, 2.45) is 5.73 Å². The lowest BCUT2D eigenvalue weighted by Crippen LogP contribution is -2.42. The van der Waals surface area contributed by atoms with Crippen molar-refractivity contribution in [3.8, 4) is 0 Å². The maximum atomic E-state index is 11.4. The second kappa shape index (κ2) is 13.9. The van der Waals surface area contributed by atoms with Crippen molar-refractivity contribution in [3.05, 3.63) is 0 Å². The standard InChI is InChI=1S/C16H32N2O3/c1-2-3-4-5-6-7-8-9-10-11-12-14(17)16(21)18-13-15(19)20/h14H,2-13,17H2,1H3,(H,18,21)(H,19,20). The first-order valence-corrected chi connectivity index (χ1v) is 8.33. The van der Waals surface area contributed by atoms with Gasteiger partial charge in [0.2, 0.25) is 5.91 Å². The summed E-state index contributed by atoms with van der Waals surface area (Å²) in [6.45, 7) is 1.87. The molecule has 0 saturated heterocycles. The first-order valence-electron chi connectivity index (χ1n) is 8.33. The van der Waals surface area contributed by atoms with Gasteiger partial charge in [0.15, 0.2) is 0 Å². The Bertz CT molecular complexity index is 283. The van der Waals surface area contributed by atoms with Crippen LogP contribution in [-0.4, -0.2) is 29.6 Å². The van der Waals surface area contributed by atoms with Gasteiger partial charge in [0.05, 0.1) is 6.04 Å². The molecule has 1 atom stereocenters. The Labute approximate surface area is 128 Å². The summed E-state index contributed by atoms with van der Waals surface area (Å²) in [4.78, 5) is 21.8. The van der Waals surface area contributed by atoms with Crippen LogP contribution in [0.25, 0.3) is 0 Å². The van der Waals surface area contributed by atoms with Gasteiger partial charge in [0, 0.05) is 0 Å². The number of amides is 1. The monoisotopic (exact) mass is 300 g/mol. The molecule has 1 amide bonds. The van der Waals surface area contributed by atoms with E-state index in [1.807, 2.05) is 0 Å². The Morgan fingerprint density at radius 1 is 0.952 bits per heavy atom. The van der Waals surface area contributed by atoms with Crippen LogP contribution < -0.4 is 11.1 Å². The predicted molar refractivity (Wildman–Crippen MR) is 85.1 cm³/mol. The van der Waals surface area contributed by atoms with Gasteiger partial charge in [0.25, 0.3) is 0 Å². The van der Waals surface area contributed by atoms with Crippen molar-refractivity contribution < 1.29 is 14.7 Å². The summed E-state index contributed by atoms with van der Waals surface area (Å²) < 4.78 is 0. The van der Waals surface area contributed by atoms with Crippen LogP contribution in [0.1, 0.15) is 77.6 Å². The summed E-state index contributed by atoms with van der Waals surface area (Å²) in [6.07, 6.45) is 13.1. The number of rotatable bonds is 14. The third-order valence-corrected chi connectivity index (χ3v) is 3.62. The van der Waals surface area contributed by atoms with Crippen LogP contribution in [-0.2, 0) is 9.59 Å². The molecule has 5 nitrogen and oxygen atoms in total. The van der Waals surface area contributed by atoms with E-state index in [2.05, 4.69) is 12.2 Å². The van der Waals surface area contributed by atoms with Gasteiger partial charge in [-0.3, -0.25) is 9.59 Å². The van der Waals surface area contributed by atoms with Crippen LogP contribution >= 0.6 is 0 Å². The van der Waals surface area contributed by atoms with Crippen LogP contribution in [0.15, 0.2) is 0 Å². The zero-order chi connectivity index (χ0) is 15.9. The quantitative estimate of drug-likeness (QED) is 0.430.